The van der Waals surface area contributed by atoms with E-state index in [2.05, 4.69) is 0 Å². The van der Waals surface area contributed by atoms with E-state index in [0.717, 1.165) is 0 Å². The van der Waals surface area contributed by atoms with Crippen molar-refractivity contribution in [1.82, 2.24) is 4.90 Å². The number of ether oxygens (including phenoxy) is 1. The lowest BCUT2D eigenvalue weighted by atomic mass is 10.5. The van der Waals surface area contributed by atoms with Crippen LogP contribution in [0.15, 0.2) is 0 Å². The minimum Gasteiger partial charge on any atom is -0.385 e. The maximum atomic E-state index is 11.3. The minimum absolute atomic E-state index is 0.161. The van der Waals surface area contributed by atoms with E-state index >= 15 is 0 Å². The predicted octanol–water partition coefficient (Wildman–Crippen LogP) is 0.786. The van der Waals surface area contributed by atoms with Gasteiger partial charge in [0.2, 0.25) is 0 Å². The lowest BCUT2D eigenvalue weighted by Crippen LogP contribution is -2.17. The van der Waals surface area contributed by atoms with E-state index in [4.69, 9.17) is 9.26 Å². The van der Waals surface area contributed by atoms with Crippen LogP contribution in [0.25, 0.3) is 0 Å². The molecule has 0 rings (SSSR count). The van der Waals surface area contributed by atoms with E-state index in [1.807, 2.05) is 19.0 Å². The maximum absolute atomic E-state index is 11.3. The second kappa shape index (κ2) is 7.37. The Balaban J connectivity index is 3.56. The van der Waals surface area contributed by atoms with Gasteiger partial charge in [-0.2, -0.15) is 0 Å². The summed E-state index contributed by atoms with van der Waals surface area (Å²) in [4.78, 5) is 11.2. The normalized spacial score (nSPS) is 15.8. The second-order valence-corrected chi connectivity index (χ2v) is 5.32. The summed E-state index contributed by atoms with van der Waals surface area (Å²) in [6.07, 6.45) is 0.709. The van der Waals surface area contributed by atoms with Crippen molar-refractivity contribution >= 4 is 7.60 Å². The highest BCUT2D eigenvalue weighted by Gasteiger charge is 2.18. The van der Waals surface area contributed by atoms with Crippen molar-refractivity contribution in [2.45, 2.75) is 6.42 Å². The van der Waals surface area contributed by atoms with Crippen LogP contribution < -0.4 is 0 Å². The molecule has 0 heterocycles. The van der Waals surface area contributed by atoms with Gasteiger partial charge in [0.05, 0.1) is 12.8 Å². The van der Waals surface area contributed by atoms with Crippen molar-refractivity contribution < 1.29 is 18.7 Å². The Hall–Kier alpha value is 0.0700. The Morgan fingerprint density at radius 2 is 2.00 bits per heavy atom. The number of methoxy groups -OCH3 is 1. The molecule has 1 atom stereocenters. The van der Waals surface area contributed by atoms with Gasteiger partial charge in [-0.15, -0.1) is 0 Å². The predicted molar refractivity (Wildman–Crippen MR) is 55.7 cm³/mol. The average Bonchev–Trinajstić information content (AvgIpc) is 2.03. The first-order chi connectivity index (χ1) is 6.48. The third-order valence-corrected chi connectivity index (χ3v) is 3.09. The lowest BCUT2D eigenvalue weighted by molar-refractivity contribution is 0.193. The summed E-state index contributed by atoms with van der Waals surface area (Å²) >= 11 is 0. The van der Waals surface area contributed by atoms with Crippen LogP contribution in [0.4, 0.5) is 0 Å². The smallest absolute Gasteiger partial charge is 0.328 e. The Morgan fingerprint density at radius 3 is 2.50 bits per heavy atom. The van der Waals surface area contributed by atoms with E-state index in [-0.39, 0.29) is 12.8 Å². The summed E-state index contributed by atoms with van der Waals surface area (Å²) < 4.78 is 21.0. The molecule has 14 heavy (non-hydrogen) atoms. The monoisotopic (exact) mass is 225 g/mol. The molecule has 0 aliphatic rings. The van der Waals surface area contributed by atoms with Crippen molar-refractivity contribution in [2.75, 3.05) is 47.1 Å². The molecule has 0 fully saturated rings. The molecule has 86 valence electrons. The third kappa shape index (κ3) is 8.66. The lowest BCUT2D eigenvalue weighted by Gasteiger charge is -2.14. The van der Waals surface area contributed by atoms with Gasteiger partial charge in [0, 0.05) is 20.3 Å². The van der Waals surface area contributed by atoms with Gasteiger partial charge in [-0.05, 0) is 20.5 Å². The van der Waals surface area contributed by atoms with Crippen molar-refractivity contribution in [1.29, 1.82) is 0 Å². The van der Waals surface area contributed by atoms with Crippen LogP contribution in [-0.4, -0.2) is 56.9 Å². The summed E-state index contributed by atoms with van der Waals surface area (Å²) in [6.45, 7) is 1.42. The van der Waals surface area contributed by atoms with E-state index in [0.29, 0.717) is 19.6 Å². The van der Waals surface area contributed by atoms with Gasteiger partial charge in [0.1, 0.15) is 0 Å². The van der Waals surface area contributed by atoms with Crippen molar-refractivity contribution in [3.8, 4) is 0 Å². The van der Waals surface area contributed by atoms with Gasteiger partial charge in [0.25, 0.3) is 0 Å². The topological polar surface area (TPSA) is 59.0 Å². The fourth-order valence-corrected chi connectivity index (χ4v) is 1.86. The highest BCUT2D eigenvalue weighted by Crippen LogP contribution is 2.42. The molecule has 6 heteroatoms. The SMILES string of the molecule is COCCCP(=O)(O)OCCN(C)C. The molecule has 0 aliphatic heterocycles. The van der Waals surface area contributed by atoms with Crippen LogP contribution in [0.1, 0.15) is 6.42 Å². The van der Waals surface area contributed by atoms with Crippen LogP contribution in [0, 0.1) is 0 Å². The zero-order chi connectivity index (χ0) is 11.0. The van der Waals surface area contributed by atoms with Crippen molar-refractivity contribution in [3.05, 3.63) is 0 Å². The van der Waals surface area contributed by atoms with E-state index in [1.165, 1.54) is 0 Å². The number of rotatable bonds is 8. The second-order valence-electron chi connectivity index (χ2n) is 3.34. The van der Waals surface area contributed by atoms with Crippen molar-refractivity contribution in [3.63, 3.8) is 0 Å². The summed E-state index contributed by atoms with van der Waals surface area (Å²) in [6, 6.07) is 0. The molecule has 0 radical (unpaired) electrons. The first kappa shape index (κ1) is 14.1. The summed E-state index contributed by atoms with van der Waals surface area (Å²) in [7, 11) is 1.95. The molecule has 0 saturated heterocycles. The number of hydrogen-bond donors (Lipinski definition) is 1. The van der Waals surface area contributed by atoms with Crippen LogP contribution in [0.3, 0.4) is 0 Å². The molecule has 0 aromatic rings. The molecular weight excluding hydrogens is 205 g/mol. The fourth-order valence-electron chi connectivity index (χ4n) is 0.839. The third-order valence-electron chi connectivity index (χ3n) is 1.62. The van der Waals surface area contributed by atoms with Gasteiger partial charge >= 0.3 is 7.60 Å². The highest BCUT2D eigenvalue weighted by atomic mass is 31.2. The number of likely N-dealkylation sites (N-methyl/N-ethyl adjacent to an activating group) is 1. The Kier molecular flexibility index (Phi) is 7.41. The molecule has 0 aromatic carbocycles. The molecule has 0 aromatic heterocycles. The average molecular weight is 225 g/mol. The van der Waals surface area contributed by atoms with Crippen LogP contribution in [0.5, 0.6) is 0 Å². The molecule has 1 N–H and O–H groups in total. The van der Waals surface area contributed by atoms with Gasteiger partial charge in [0.15, 0.2) is 0 Å². The van der Waals surface area contributed by atoms with Gasteiger partial charge in [-0.1, -0.05) is 0 Å². The highest BCUT2D eigenvalue weighted by molar-refractivity contribution is 7.52. The van der Waals surface area contributed by atoms with E-state index < -0.39 is 7.60 Å². The first-order valence-corrected chi connectivity index (χ1v) is 6.34. The molecular formula is C8H20NO4P. The number of hydrogen-bond acceptors (Lipinski definition) is 4. The first-order valence-electron chi connectivity index (χ1n) is 4.58. The molecule has 0 saturated carbocycles. The molecule has 0 amide bonds. The molecule has 1 unspecified atom stereocenters. The largest absolute Gasteiger partial charge is 0.385 e. The standard InChI is InChI=1S/C8H20NO4P/c1-9(2)5-7-13-14(10,11)8-4-6-12-3/h4-8H2,1-3H3,(H,10,11). The molecule has 0 bridgehead atoms. The summed E-state index contributed by atoms with van der Waals surface area (Å²) in [5.74, 6) is 0. The Labute approximate surface area is 85.5 Å². The van der Waals surface area contributed by atoms with Gasteiger partial charge in [-0.3, -0.25) is 4.57 Å². The summed E-state index contributed by atoms with van der Waals surface area (Å²) in [5, 5.41) is 0. The Morgan fingerprint density at radius 1 is 1.36 bits per heavy atom. The van der Waals surface area contributed by atoms with Crippen LogP contribution >= 0.6 is 7.60 Å². The fraction of sp³-hybridized carbons (Fsp3) is 1.00. The zero-order valence-corrected chi connectivity index (χ0v) is 10.00. The van der Waals surface area contributed by atoms with Crippen LogP contribution in [-0.2, 0) is 13.8 Å². The van der Waals surface area contributed by atoms with E-state index in [9.17, 15) is 9.46 Å². The van der Waals surface area contributed by atoms with Crippen LogP contribution in [0.2, 0.25) is 0 Å². The quantitative estimate of drug-likeness (QED) is 0.489. The molecule has 5 nitrogen and oxygen atoms in total. The van der Waals surface area contributed by atoms with Gasteiger partial charge < -0.3 is 19.1 Å². The maximum Gasteiger partial charge on any atom is 0.328 e. The van der Waals surface area contributed by atoms with E-state index in [1.54, 1.807) is 7.11 Å². The summed E-state index contributed by atoms with van der Waals surface area (Å²) in [5.41, 5.74) is 0. The Bertz CT molecular complexity index is 186. The minimum atomic E-state index is -3.39. The van der Waals surface area contributed by atoms with Crippen molar-refractivity contribution in [2.24, 2.45) is 0 Å². The molecule has 0 spiro atoms. The van der Waals surface area contributed by atoms with Gasteiger partial charge in [-0.25, -0.2) is 0 Å². The zero-order valence-electron chi connectivity index (χ0n) is 9.10. The number of nitrogens with zero attached hydrogens (tertiary/aromatic N) is 1. The molecule has 0 aliphatic carbocycles.